The van der Waals surface area contributed by atoms with Crippen LogP contribution in [-0.4, -0.2) is 17.7 Å². The molecule has 2 N–H and O–H groups in total. The van der Waals surface area contributed by atoms with Gasteiger partial charge in [0.25, 0.3) is 5.17 Å². The molecular formula is C12H16N2O2S. The van der Waals surface area contributed by atoms with Crippen LogP contribution >= 0.6 is 12.2 Å². The zero-order chi connectivity index (χ0) is 12.7. The fourth-order valence-electron chi connectivity index (χ4n) is 1.23. The number of carbonyl (C=O) groups is 1. The maximum absolute atomic E-state index is 10.9. The number of rotatable bonds is 4. The third-order valence-electron chi connectivity index (χ3n) is 1.87. The third-order valence-corrected chi connectivity index (χ3v) is 2.09. The van der Waals surface area contributed by atoms with E-state index in [9.17, 15) is 4.79 Å². The van der Waals surface area contributed by atoms with E-state index < -0.39 is 0 Å². The Morgan fingerprint density at radius 3 is 2.59 bits per heavy atom. The van der Waals surface area contributed by atoms with E-state index in [-0.39, 0.29) is 5.91 Å². The highest BCUT2D eigenvalue weighted by atomic mass is 32.1. The van der Waals surface area contributed by atoms with Gasteiger partial charge in [-0.25, -0.2) is 0 Å². The number of nitrogens with one attached hydrogen (secondary N) is 2. The summed E-state index contributed by atoms with van der Waals surface area (Å²) in [6.07, 6.45) is 0.910. The molecule has 0 aliphatic heterocycles. The number of carbonyl (C=O) groups excluding carboxylic acids is 1. The topological polar surface area (TPSA) is 50.4 Å². The number of anilines is 2. The van der Waals surface area contributed by atoms with E-state index >= 15 is 0 Å². The van der Waals surface area contributed by atoms with E-state index in [4.69, 9.17) is 17.0 Å². The monoisotopic (exact) mass is 252 g/mol. The normalized spacial score (nSPS) is 9.53. The molecule has 0 saturated carbocycles. The molecule has 1 rings (SSSR count). The van der Waals surface area contributed by atoms with Crippen molar-refractivity contribution in [2.75, 3.05) is 17.2 Å². The van der Waals surface area contributed by atoms with Crippen molar-refractivity contribution >= 4 is 34.7 Å². The number of hydrogen-bond acceptors (Lipinski definition) is 3. The van der Waals surface area contributed by atoms with E-state index in [1.165, 1.54) is 6.92 Å². The van der Waals surface area contributed by atoms with Gasteiger partial charge in [-0.2, -0.15) is 0 Å². The maximum Gasteiger partial charge on any atom is 0.261 e. The molecule has 4 nitrogen and oxygen atoms in total. The Hall–Kier alpha value is -1.62. The van der Waals surface area contributed by atoms with Gasteiger partial charge in [0.15, 0.2) is 0 Å². The molecule has 0 fully saturated rings. The summed E-state index contributed by atoms with van der Waals surface area (Å²) >= 11 is 5.01. The molecule has 0 aromatic heterocycles. The Morgan fingerprint density at radius 1 is 1.35 bits per heavy atom. The zero-order valence-electron chi connectivity index (χ0n) is 9.95. The summed E-state index contributed by atoms with van der Waals surface area (Å²) in [6.45, 7) is 4.08. The average molecular weight is 252 g/mol. The molecule has 0 bridgehead atoms. The highest BCUT2D eigenvalue weighted by molar-refractivity contribution is 7.80. The maximum atomic E-state index is 10.9. The smallest absolute Gasteiger partial charge is 0.261 e. The summed E-state index contributed by atoms with van der Waals surface area (Å²) in [6, 6.07) is 7.29. The number of benzene rings is 1. The van der Waals surface area contributed by atoms with Crippen LogP contribution in [0.4, 0.5) is 11.4 Å². The van der Waals surface area contributed by atoms with Gasteiger partial charge in [0.1, 0.15) is 0 Å². The lowest BCUT2D eigenvalue weighted by Crippen LogP contribution is -2.14. The number of ether oxygens (including phenoxy) is 1. The van der Waals surface area contributed by atoms with Crippen LogP contribution in [0.1, 0.15) is 20.3 Å². The van der Waals surface area contributed by atoms with E-state index in [2.05, 4.69) is 10.6 Å². The number of amides is 1. The summed E-state index contributed by atoms with van der Waals surface area (Å²) in [5.41, 5.74) is 1.51. The average Bonchev–Trinajstić information content (AvgIpc) is 2.26. The van der Waals surface area contributed by atoms with Gasteiger partial charge in [0, 0.05) is 18.3 Å². The second kappa shape index (κ2) is 6.85. The number of thiocarbonyl (C=S) groups is 1. The standard InChI is InChI=1S/C12H16N2O2S/c1-3-7-16-12(17)14-11-6-4-5-10(8-11)13-9(2)15/h4-6,8H,3,7H2,1-2H3,(H,13,15)(H,14,17). The quantitative estimate of drug-likeness (QED) is 0.809. The van der Waals surface area contributed by atoms with Gasteiger partial charge in [-0.3, -0.25) is 4.79 Å². The van der Waals surface area contributed by atoms with Gasteiger partial charge in [0.05, 0.1) is 6.61 Å². The van der Waals surface area contributed by atoms with Gasteiger partial charge < -0.3 is 15.4 Å². The molecule has 0 spiro atoms. The minimum atomic E-state index is -0.105. The molecule has 5 heteroatoms. The minimum Gasteiger partial charge on any atom is -0.471 e. The fourth-order valence-corrected chi connectivity index (χ4v) is 1.43. The van der Waals surface area contributed by atoms with Crippen molar-refractivity contribution in [1.82, 2.24) is 0 Å². The van der Waals surface area contributed by atoms with Gasteiger partial charge >= 0.3 is 0 Å². The van der Waals surface area contributed by atoms with Crippen LogP contribution in [0.2, 0.25) is 0 Å². The molecule has 0 unspecified atom stereocenters. The predicted octanol–water partition coefficient (Wildman–Crippen LogP) is 2.77. The van der Waals surface area contributed by atoms with Crippen LogP contribution in [0, 0.1) is 0 Å². The Balaban J connectivity index is 2.59. The summed E-state index contributed by atoms with van der Waals surface area (Å²) < 4.78 is 5.25. The lowest BCUT2D eigenvalue weighted by molar-refractivity contribution is -0.114. The zero-order valence-corrected chi connectivity index (χ0v) is 10.8. The van der Waals surface area contributed by atoms with Crippen molar-refractivity contribution < 1.29 is 9.53 Å². The predicted molar refractivity (Wildman–Crippen MR) is 73.2 cm³/mol. The van der Waals surface area contributed by atoms with Crippen LogP contribution in [0.3, 0.4) is 0 Å². The molecule has 1 aromatic carbocycles. The SMILES string of the molecule is CCCOC(=S)Nc1cccc(NC(C)=O)c1. The highest BCUT2D eigenvalue weighted by Crippen LogP contribution is 2.15. The molecule has 17 heavy (non-hydrogen) atoms. The van der Waals surface area contributed by atoms with Crippen LogP contribution in [0.15, 0.2) is 24.3 Å². The van der Waals surface area contributed by atoms with E-state index in [1.807, 2.05) is 25.1 Å². The van der Waals surface area contributed by atoms with Crippen LogP contribution in [0.25, 0.3) is 0 Å². The van der Waals surface area contributed by atoms with Gasteiger partial charge in [0.2, 0.25) is 5.91 Å². The summed E-state index contributed by atoms with van der Waals surface area (Å²) in [5, 5.41) is 5.99. The van der Waals surface area contributed by atoms with Crippen LogP contribution in [0.5, 0.6) is 0 Å². The van der Waals surface area contributed by atoms with Crippen molar-refractivity contribution in [3.05, 3.63) is 24.3 Å². The summed E-state index contributed by atoms with van der Waals surface area (Å²) in [5.74, 6) is -0.105. The Morgan fingerprint density at radius 2 is 2.00 bits per heavy atom. The second-order valence-electron chi connectivity index (χ2n) is 3.52. The summed E-state index contributed by atoms with van der Waals surface area (Å²) in [4.78, 5) is 10.9. The highest BCUT2D eigenvalue weighted by Gasteiger charge is 2.00. The fraction of sp³-hybridized carbons (Fsp3) is 0.333. The molecule has 0 aliphatic rings. The Labute approximate surface area is 106 Å². The molecule has 0 saturated heterocycles. The van der Waals surface area contributed by atoms with Gasteiger partial charge in [-0.1, -0.05) is 13.0 Å². The van der Waals surface area contributed by atoms with Crippen LogP contribution in [-0.2, 0) is 9.53 Å². The lowest BCUT2D eigenvalue weighted by atomic mass is 10.3. The molecule has 0 radical (unpaired) electrons. The molecule has 92 valence electrons. The minimum absolute atomic E-state index is 0.105. The molecule has 0 aliphatic carbocycles. The van der Waals surface area contributed by atoms with Gasteiger partial charge in [-0.15, -0.1) is 0 Å². The Kier molecular flexibility index (Phi) is 5.42. The third kappa shape index (κ3) is 5.31. The number of hydrogen-bond donors (Lipinski definition) is 2. The molecule has 1 amide bonds. The first kappa shape index (κ1) is 13.4. The molecule has 0 heterocycles. The van der Waals surface area contributed by atoms with Crippen molar-refractivity contribution in [1.29, 1.82) is 0 Å². The van der Waals surface area contributed by atoms with E-state index in [0.717, 1.165) is 17.8 Å². The molecular weight excluding hydrogens is 236 g/mol. The Bertz CT molecular complexity index is 407. The second-order valence-corrected chi connectivity index (χ2v) is 3.89. The van der Waals surface area contributed by atoms with Gasteiger partial charge in [-0.05, 0) is 36.8 Å². The molecule has 0 atom stereocenters. The van der Waals surface area contributed by atoms with Crippen molar-refractivity contribution in [3.63, 3.8) is 0 Å². The van der Waals surface area contributed by atoms with Crippen molar-refractivity contribution in [2.24, 2.45) is 0 Å². The van der Waals surface area contributed by atoms with E-state index in [0.29, 0.717) is 11.8 Å². The van der Waals surface area contributed by atoms with Crippen molar-refractivity contribution in [3.8, 4) is 0 Å². The largest absolute Gasteiger partial charge is 0.471 e. The first-order chi connectivity index (χ1) is 8.11. The first-order valence-electron chi connectivity index (χ1n) is 5.43. The first-order valence-corrected chi connectivity index (χ1v) is 5.84. The lowest BCUT2D eigenvalue weighted by Gasteiger charge is -2.10. The van der Waals surface area contributed by atoms with Crippen LogP contribution < -0.4 is 10.6 Å². The summed E-state index contributed by atoms with van der Waals surface area (Å²) in [7, 11) is 0. The molecule has 1 aromatic rings. The van der Waals surface area contributed by atoms with Crippen molar-refractivity contribution in [2.45, 2.75) is 20.3 Å². The van der Waals surface area contributed by atoms with E-state index in [1.54, 1.807) is 6.07 Å².